The van der Waals surface area contributed by atoms with Crippen molar-refractivity contribution in [2.24, 2.45) is 7.05 Å². The van der Waals surface area contributed by atoms with E-state index in [1.807, 2.05) is 4.90 Å². The molecule has 0 amide bonds. The molecule has 0 atom stereocenters. The monoisotopic (exact) mass is 225 g/mol. The Morgan fingerprint density at radius 2 is 2.31 bits per heavy atom. The third-order valence-corrected chi connectivity index (χ3v) is 2.94. The predicted molar refractivity (Wildman–Crippen MR) is 56.2 cm³/mol. The maximum Gasteiger partial charge on any atom is 0.356 e. The van der Waals surface area contributed by atoms with Crippen LogP contribution in [-0.2, 0) is 20.0 Å². The number of rotatable bonds is 3. The van der Waals surface area contributed by atoms with Crippen molar-refractivity contribution >= 4 is 5.97 Å². The number of aromatic carboxylic acids is 1. The smallest absolute Gasteiger partial charge is 0.356 e. The van der Waals surface area contributed by atoms with Gasteiger partial charge in [0.1, 0.15) is 0 Å². The number of carboxylic acids is 1. The average molecular weight is 225 g/mol. The van der Waals surface area contributed by atoms with E-state index < -0.39 is 5.97 Å². The van der Waals surface area contributed by atoms with Crippen LogP contribution >= 0.6 is 0 Å². The highest BCUT2D eigenvalue weighted by Gasteiger charge is 2.26. The molecule has 2 rings (SSSR count). The fourth-order valence-corrected chi connectivity index (χ4v) is 2.15. The summed E-state index contributed by atoms with van der Waals surface area (Å²) in [6.45, 7) is 2.07. The highest BCUT2D eigenvalue weighted by atomic mass is 16.4. The normalized spacial score (nSPS) is 16.1. The summed E-state index contributed by atoms with van der Waals surface area (Å²) in [6, 6.07) is 0. The van der Waals surface area contributed by atoms with Gasteiger partial charge in [0.15, 0.2) is 5.69 Å². The number of aliphatic hydroxyl groups is 1. The van der Waals surface area contributed by atoms with E-state index in [0.717, 1.165) is 24.2 Å². The summed E-state index contributed by atoms with van der Waals surface area (Å²) in [6.07, 6.45) is 0.784. The average Bonchev–Trinajstić information content (AvgIpc) is 2.57. The van der Waals surface area contributed by atoms with Crippen molar-refractivity contribution in [3.05, 3.63) is 17.0 Å². The van der Waals surface area contributed by atoms with Crippen LogP contribution < -0.4 is 0 Å². The molecule has 0 aromatic carbocycles. The molecule has 88 valence electrons. The summed E-state index contributed by atoms with van der Waals surface area (Å²) in [4.78, 5) is 13.0. The number of aliphatic hydroxyl groups excluding tert-OH is 1. The van der Waals surface area contributed by atoms with Crippen molar-refractivity contribution in [1.82, 2.24) is 14.7 Å². The Morgan fingerprint density at radius 1 is 1.56 bits per heavy atom. The van der Waals surface area contributed by atoms with Gasteiger partial charge in [-0.25, -0.2) is 4.79 Å². The number of carbonyl (C=O) groups is 1. The molecule has 6 nitrogen and oxygen atoms in total. The molecule has 0 radical (unpaired) electrons. The van der Waals surface area contributed by atoms with Crippen LogP contribution in [0.2, 0.25) is 0 Å². The summed E-state index contributed by atoms with van der Waals surface area (Å²) in [7, 11) is 1.77. The zero-order chi connectivity index (χ0) is 11.7. The van der Waals surface area contributed by atoms with Gasteiger partial charge < -0.3 is 10.2 Å². The molecular formula is C10H15N3O3. The lowest BCUT2D eigenvalue weighted by molar-refractivity contribution is 0.0687. The van der Waals surface area contributed by atoms with E-state index >= 15 is 0 Å². The van der Waals surface area contributed by atoms with Gasteiger partial charge in [0, 0.05) is 44.4 Å². The number of carboxylic acid groups (broad SMARTS) is 1. The largest absolute Gasteiger partial charge is 0.476 e. The molecule has 2 heterocycles. The van der Waals surface area contributed by atoms with Gasteiger partial charge in [-0.15, -0.1) is 0 Å². The predicted octanol–water partition coefficient (Wildman–Crippen LogP) is -0.531. The first-order valence-corrected chi connectivity index (χ1v) is 5.24. The van der Waals surface area contributed by atoms with Crippen molar-refractivity contribution in [1.29, 1.82) is 0 Å². The topological polar surface area (TPSA) is 78.6 Å². The number of aromatic nitrogens is 2. The third-order valence-electron chi connectivity index (χ3n) is 2.94. The quantitative estimate of drug-likeness (QED) is 0.723. The van der Waals surface area contributed by atoms with E-state index in [1.54, 1.807) is 11.7 Å². The molecule has 16 heavy (non-hydrogen) atoms. The van der Waals surface area contributed by atoms with Crippen molar-refractivity contribution < 1.29 is 15.0 Å². The van der Waals surface area contributed by atoms with Gasteiger partial charge in [-0.1, -0.05) is 0 Å². The number of fused-ring (bicyclic) bond motifs is 1. The summed E-state index contributed by atoms with van der Waals surface area (Å²) in [5, 5.41) is 21.9. The summed E-state index contributed by atoms with van der Waals surface area (Å²) in [5.41, 5.74) is 1.92. The second-order valence-electron chi connectivity index (χ2n) is 3.95. The Kier molecular flexibility index (Phi) is 2.93. The lowest BCUT2D eigenvalue weighted by atomic mass is 10.1. The van der Waals surface area contributed by atoms with Crippen molar-refractivity contribution in [3.63, 3.8) is 0 Å². The van der Waals surface area contributed by atoms with Gasteiger partial charge >= 0.3 is 5.97 Å². The molecule has 1 aromatic rings. The van der Waals surface area contributed by atoms with E-state index in [1.165, 1.54) is 0 Å². The summed E-state index contributed by atoms with van der Waals surface area (Å²) in [5.74, 6) is -0.984. The Labute approximate surface area is 93.1 Å². The Balaban J connectivity index is 2.31. The number of hydrogen-bond acceptors (Lipinski definition) is 4. The fraction of sp³-hybridized carbons (Fsp3) is 0.600. The minimum absolute atomic E-state index is 0.0952. The van der Waals surface area contributed by atoms with Crippen LogP contribution in [-0.4, -0.2) is 50.6 Å². The molecule has 0 saturated carbocycles. The lowest BCUT2D eigenvalue weighted by Crippen LogP contribution is -2.33. The van der Waals surface area contributed by atoms with E-state index in [2.05, 4.69) is 5.10 Å². The number of β-amino-alcohol motifs (C(OH)–C–C–N with tert-alkyl or cyclic N) is 1. The second kappa shape index (κ2) is 4.23. The van der Waals surface area contributed by atoms with Crippen LogP contribution in [0.15, 0.2) is 0 Å². The summed E-state index contributed by atoms with van der Waals surface area (Å²) >= 11 is 0. The fourth-order valence-electron chi connectivity index (χ4n) is 2.15. The standard InChI is InChI=1S/C10H15N3O3/c1-12-8-2-3-13(4-5-14)6-7(8)9(11-12)10(15)16/h14H,2-6H2,1H3,(H,15,16). The van der Waals surface area contributed by atoms with Crippen LogP contribution in [0.25, 0.3) is 0 Å². The zero-order valence-electron chi connectivity index (χ0n) is 9.18. The van der Waals surface area contributed by atoms with E-state index in [0.29, 0.717) is 13.1 Å². The minimum atomic E-state index is -0.984. The van der Waals surface area contributed by atoms with E-state index in [4.69, 9.17) is 10.2 Å². The molecule has 0 aliphatic carbocycles. The second-order valence-corrected chi connectivity index (χ2v) is 3.95. The highest BCUT2D eigenvalue weighted by Crippen LogP contribution is 2.21. The van der Waals surface area contributed by atoms with Crippen molar-refractivity contribution in [3.8, 4) is 0 Å². The first-order valence-electron chi connectivity index (χ1n) is 5.24. The van der Waals surface area contributed by atoms with Crippen LogP contribution in [0.1, 0.15) is 21.7 Å². The maximum absolute atomic E-state index is 11.0. The van der Waals surface area contributed by atoms with Gasteiger partial charge in [-0.2, -0.15) is 5.10 Å². The molecule has 0 fully saturated rings. The van der Waals surface area contributed by atoms with Crippen LogP contribution in [0.3, 0.4) is 0 Å². The van der Waals surface area contributed by atoms with Crippen LogP contribution in [0.4, 0.5) is 0 Å². The number of hydrogen-bond donors (Lipinski definition) is 2. The first-order chi connectivity index (χ1) is 7.63. The molecule has 0 unspecified atom stereocenters. The first kappa shape index (κ1) is 11.1. The van der Waals surface area contributed by atoms with Gasteiger partial charge in [0.25, 0.3) is 0 Å². The van der Waals surface area contributed by atoms with Gasteiger partial charge in [0.2, 0.25) is 0 Å². The third kappa shape index (κ3) is 1.81. The lowest BCUT2D eigenvalue weighted by Gasteiger charge is -2.26. The van der Waals surface area contributed by atoms with Crippen LogP contribution in [0, 0.1) is 0 Å². The number of aryl methyl sites for hydroxylation is 1. The van der Waals surface area contributed by atoms with E-state index in [9.17, 15) is 4.79 Å². The Hall–Kier alpha value is -1.40. The number of nitrogens with zero attached hydrogens (tertiary/aromatic N) is 3. The van der Waals surface area contributed by atoms with Gasteiger partial charge in [-0.05, 0) is 0 Å². The summed E-state index contributed by atoms with van der Waals surface area (Å²) < 4.78 is 1.65. The molecule has 6 heteroatoms. The Morgan fingerprint density at radius 3 is 2.94 bits per heavy atom. The zero-order valence-corrected chi connectivity index (χ0v) is 9.18. The van der Waals surface area contributed by atoms with E-state index in [-0.39, 0.29) is 12.3 Å². The molecule has 0 bridgehead atoms. The molecule has 0 spiro atoms. The SMILES string of the molecule is Cn1nc(C(=O)O)c2c1CCN(CCO)C2. The van der Waals surface area contributed by atoms with Gasteiger partial charge in [-0.3, -0.25) is 9.58 Å². The van der Waals surface area contributed by atoms with Crippen LogP contribution in [0.5, 0.6) is 0 Å². The molecule has 1 aromatic heterocycles. The molecule has 0 saturated heterocycles. The Bertz CT molecular complexity index is 414. The maximum atomic E-state index is 11.0. The van der Waals surface area contributed by atoms with Crippen molar-refractivity contribution in [2.45, 2.75) is 13.0 Å². The molecular weight excluding hydrogens is 210 g/mol. The molecule has 1 aliphatic heterocycles. The minimum Gasteiger partial charge on any atom is -0.476 e. The molecule has 1 aliphatic rings. The molecule has 2 N–H and O–H groups in total. The van der Waals surface area contributed by atoms with Crippen molar-refractivity contribution in [2.75, 3.05) is 19.7 Å². The van der Waals surface area contributed by atoms with Gasteiger partial charge in [0.05, 0.1) is 6.61 Å². The highest BCUT2D eigenvalue weighted by molar-refractivity contribution is 5.87.